The van der Waals surface area contributed by atoms with E-state index in [0.29, 0.717) is 0 Å². The fourth-order valence-corrected chi connectivity index (χ4v) is 1.55. The van der Waals surface area contributed by atoms with E-state index in [0.717, 1.165) is 30.3 Å². The zero-order valence-corrected chi connectivity index (χ0v) is 12.0. The monoisotopic (exact) mass is 252 g/mol. The largest absolute Gasteiger partial charge is 0.497 e. The van der Waals surface area contributed by atoms with Gasteiger partial charge in [0, 0.05) is 42.5 Å². The van der Waals surface area contributed by atoms with Gasteiger partial charge in [0.25, 0.3) is 0 Å². The van der Waals surface area contributed by atoms with Crippen molar-refractivity contribution >= 4 is 5.69 Å². The van der Waals surface area contributed by atoms with E-state index in [1.54, 1.807) is 14.2 Å². The lowest BCUT2D eigenvalue weighted by Crippen LogP contribution is -2.38. The van der Waals surface area contributed by atoms with Crippen molar-refractivity contribution in [3.63, 3.8) is 0 Å². The first kappa shape index (κ1) is 14.6. The van der Waals surface area contributed by atoms with Gasteiger partial charge in [-0.2, -0.15) is 0 Å². The van der Waals surface area contributed by atoms with E-state index in [4.69, 9.17) is 9.47 Å². The van der Waals surface area contributed by atoms with Crippen LogP contribution in [0.25, 0.3) is 0 Å². The molecule has 4 nitrogen and oxygen atoms in total. The molecular formula is C14H24N2O2. The predicted octanol–water partition coefficient (Wildman–Crippen LogP) is 2.50. The van der Waals surface area contributed by atoms with Crippen LogP contribution in [0.15, 0.2) is 18.2 Å². The molecular weight excluding hydrogens is 228 g/mol. The molecule has 0 aromatic heterocycles. The summed E-state index contributed by atoms with van der Waals surface area (Å²) in [5, 5.41) is 6.77. The number of methoxy groups -OCH3 is 2. The lowest BCUT2D eigenvalue weighted by atomic mass is 10.1. The van der Waals surface area contributed by atoms with E-state index in [9.17, 15) is 0 Å². The van der Waals surface area contributed by atoms with E-state index in [1.807, 2.05) is 18.2 Å². The summed E-state index contributed by atoms with van der Waals surface area (Å²) in [5.74, 6) is 1.58. The van der Waals surface area contributed by atoms with Crippen molar-refractivity contribution in [1.29, 1.82) is 0 Å². The van der Waals surface area contributed by atoms with Gasteiger partial charge in [-0.05, 0) is 20.8 Å². The molecule has 0 heterocycles. The summed E-state index contributed by atoms with van der Waals surface area (Å²) in [4.78, 5) is 0. The molecule has 0 atom stereocenters. The summed E-state index contributed by atoms with van der Waals surface area (Å²) in [5.41, 5.74) is 1.15. The maximum Gasteiger partial charge on any atom is 0.124 e. The Hall–Kier alpha value is -1.42. The number of ether oxygens (including phenoxy) is 2. The molecule has 0 aliphatic carbocycles. The van der Waals surface area contributed by atoms with Gasteiger partial charge in [0.1, 0.15) is 11.5 Å². The Labute approximate surface area is 110 Å². The third-order valence-corrected chi connectivity index (χ3v) is 2.46. The molecule has 0 unspecified atom stereocenters. The molecule has 0 radical (unpaired) electrons. The highest BCUT2D eigenvalue weighted by atomic mass is 16.5. The number of hydrogen-bond acceptors (Lipinski definition) is 4. The van der Waals surface area contributed by atoms with Gasteiger partial charge >= 0.3 is 0 Å². The van der Waals surface area contributed by atoms with Crippen molar-refractivity contribution in [2.24, 2.45) is 0 Å². The van der Waals surface area contributed by atoms with E-state index in [-0.39, 0.29) is 5.54 Å². The fraction of sp³-hybridized carbons (Fsp3) is 0.571. The molecule has 4 heteroatoms. The van der Waals surface area contributed by atoms with Crippen molar-refractivity contribution in [3.05, 3.63) is 18.2 Å². The molecule has 0 aliphatic heterocycles. The first-order valence-electron chi connectivity index (χ1n) is 6.16. The van der Waals surface area contributed by atoms with E-state index in [1.165, 1.54) is 0 Å². The minimum atomic E-state index is 0.147. The van der Waals surface area contributed by atoms with E-state index < -0.39 is 0 Å². The molecule has 0 amide bonds. The first-order valence-corrected chi connectivity index (χ1v) is 6.16. The smallest absolute Gasteiger partial charge is 0.124 e. The van der Waals surface area contributed by atoms with Crippen molar-refractivity contribution in [2.75, 3.05) is 32.6 Å². The van der Waals surface area contributed by atoms with Crippen molar-refractivity contribution in [3.8, 4) is 11.5 Å². The van der Waals surface area contributed by atoms with Crippen LogP contribution in [0, 0.1) is 0 Å². The quantitative estimate of drug-likeness (QED) is 0.763. The van der Waals surface area contributed by atoms with E-state index >= 15 is 0 Å². The standard InChI is InChI=1S/C14H24N2O2/c1-14(2,3)16-7-6-15-11-8-12(17-4)10-13(9-11)18-5/h8-10,15-16H,6-7H2,1-5H3. The second-order valence-corrected chi connectivity index (χ2v) is 5.20. The number of nitrogens with one attached hydrogen (secondary N) is 2. The third kappa shape index (κ3) is 5.27. The van der Waals surface area contributed by atoms with E-state index in [2.05, 4.69) is 31.4 Å². The zero-order chi connectivity index (χ0) is 13.6. The van der Waals surface area contributed by atoms with Crippen LogP contribution in [0.3, 0.4) is 0 Å². The number of benzene rings is 1. The van der Waals surface area contributed by atoms with Crippen molar-refractivity contribution in [2.45, 2.75) is 26.3 Å². The second kappa shape index (κ2) is 6.50. The van der Waals surface area contributed by atoms with Crippen LogP contribution in [0.2, 0.25) is 0 Å². The minimum absolute atomic E-state index is 0.147. The lowest BCUT2D eigenvalue weighted by Gasteiger charge is -2.20. The molecule has 2 N–H and O–H groups in total. The molecule has 0 aliphatic rings. The zero-order valence-electron chi connectivity index (χ0n) is 12.0. The van der Waals surface area contributed by atoms with Crippen molar-refractivity contribution in [1.82, 2.24) is 5.32 Å². The van der Waals surface area contributed by atoms with Gasteiger partial charge in [0.05, 0.1) is 14.2 Å². The van der Waals surface area contributed by atoms with Crippen LogP contribution in [0.1, 0.15) is 20.8 Å². The van der Waals surface area contributed by atoms with Gasteiger partial charge in [0.15, 0.2) is 0 Å². The summed E-state index contributed by atoms with van der Waals surface area (Å²) in [7, 11) is 3.30. The maximum absolute atomic E-state index is 5.22. The Morgan fingerprint density at radius 1 is 0.944 bits per heavy atom. The summed E-state index contributed by atoms with van der Waals surface area (Å²) in [6, 6.07) is 5.78. The Morgan fingerprint density at radius 2 is 1.50 bits per heavy atom. The SMILES string of the molecule is COc1cc(NCCNC(C)(C)C)cc(OC)c1. The Balaban J connectivity index is 2.51. The molecule has 1 aromatic carbocycles. The average molecular weight is 252 g/mol. The van der Waals surface area contributed by atoms with Gasteiger partial charge in [-0.25, -0.2) is 0 Å². The molecule has 1 aromatic rings. The highest BCUT2D eigenvalue weighted by Crippen LogP contribution is 2.25. The van der Waals surface area contributed by atoms with Gasteiger partial charge in [0.2, 0.25) is 0 Å². The summed E-state index contributed by atoms with van der Waals surface area (Å²) in [6.07, 6.45) is 0. The normalized spacial score (nSPS) is 11.2. The molecule has 0 saturated heterocycles. The number of anilines is 1. The topological polar surface area (TPSA) is 42.5 Å². The van der Waals surface area contributed by atoms with Gasteiger partial charge in [-0.1, -0.05) is 0 Å². The highest BCUT2D eigenvalue weighted by molar-refractivity contribution is 5.53. The minimum Gasteiger partial charge on any atom is -0.497 e. The number of rotatable bonds is 6. The fourth-order valence-electron chi connectivity index (χ4n) is 1.55. The highest BCUT2D eigenvalue weighted by Gasteiger charge is 2.07. The van der Waals surface area contributed by atoms with Crippen LogP contribution in [0.5, 0.6) is 11.5 Å². The molecule has 0 spiro atoms. The first-order chi connectivity index (χ1) is 8.44. The summed E-state index contributed by atoms with van der Waals surface area (Å²) >= 11 is 0. The molecule has 18 heavy (non-hydrogen) atoms. The number of hydrogen-bond donors (Lipinski definition) is 2. The predicted molar refractivity (Wildman–Crippen MR) is 75.8 cm³/mol. The third-order valence-electron chi connectivity index (χ3n) is 2.46. The second-order valence-electron chi connectivity index (χ2n) is 5.20. The van der Waals surface area contributed by atoms with Crippen LogP contribution in [0.4, 0.5) is 5.69 Å². The van der Waals surface area contributed by atoms with Crippen LogP contribution in [-0.4, -0.2) is 32.8 Å². The Morgan fingerprint density at radius 3 is 1.94 bits per heavy atom. The van der Waals surface area contributed by atoms with Gasteiger partial charge in [-0.3, -0.25) is 0 Å². The Kier molecular flexibility index (Phi) is 5.28. The maximum atomic E-state index is 5.22. The summed E-state index contributed by atoms with van der Waals surface area (Å²) in [6.45, 7) is 8.22. The molecule has 0 saturated carbocycles. The molecule has 0 bridgehead atoms. The van der Waals surface area contributed by atoms with Crippen LogP contribution >= 0.6 is 0 Å². The van der Waals surface area contributed by atoms with Crippen LogP contribution < -0.4 is 20.1 Å². The van der Waals surface area contributed by atoms with Crippen molar-refractivity contribution < 1.29 is 9.47 Å². The molecule has 102 valence electrons. The lowest BCUT2D eigenvalue weighted by molar-refractivity contribution is 0.394. The van der Waals surface area contributed by atoms with Gasteiger partial charge < -0.3 is 20.1 Å². The van der Waals surface area contributed by atoms with Crippen LogP contribution in [-0.2, 0) is 0 Å². The molecule has 0 fully saturated rings. The summed E-state index contributed by atoms with van der Waals surface area (Å²) < 4.78 is 10.4. The average Bonchev–Trinajstić information content (AvgIpc) is 2.33. The molecule has 1 rings (SSSR count). The van der Waals surface area contributed by atoms with Gasteiger partial charge in [-0.15, -0.1) is 0 Å². The Bertz CT molecular complexity index is 350.